The molecule has 0 aromatic carbocycles. The molecule has 0 spiro atoms. The van der Waals surface area contributed by atoms with Gasteiger partial charge >= 0.3 is 0 Å². The van der Waals surface area contributed by atoms with E-state index in [4.69, 9.17) is 11.2 Å². The number of hydrogen-bond acceptors (Lipinski definition) is 3. The van der Waals surface area contributed by atoms with Gasteiger partial charge in [0.1, 0.15) is 0 Å². The summed E-state index contributed by atoms with van der Waals surface area (Å²) in [6, 6.07) is 0. The van der Waals surface area contributed by atoms with Crippen LogP contribution in [-0.2, 0) is 4.74 Å². The lowest BCUT2D eigenvalue weighted by molar-refractivity contribution is 0.0374. The second-order valence-electron chi connectivity index (χ2n) is 3.87. The van der Waals surface area contributed by atoms with Gasteiger partial charge < -0.3 is 10.1 Å². The normalized spacial score (nSPS) is 17.5. The smallest absolute Gasteiger partial charge is 0.0594 e. The largest absolute Gasteiger partial charge is 0.379 e. The maximum Gasteiger partial charge on any atom is 0.0594 e. The van der Waals surface area contributed by atoms with Crippen LogP contribution in [0.4, 0.5) is 0 Å². The Morgan fingerprint density at radius 1 is 1.20 bits per heavy atom. The van der Waals surface area contributed by atoms with Gasteiger partial charge in [-0.15, -0.1) is 12.3 Å². The van der Waals surface area contributed by atoms with Crippen molar-refractivity contribution in [2.45, 2.75) is 19.3 Å². The number of hydrogen-bond donors (Lipinski definition) is 1. The summed E-state index contributed by atoms with van der Waals surface area (Å²) in [6.45, 7) is 7.32. The van der Waals surface area contributed by atoms with Crippen LogP contribution in [0, 0.1) is 12.3 Å². The van der Waals surface area contributed by atoms with Gasteiger partial charge in [0.2, 0.25) is 0 Å². The number of rotatable bonds is 7. The summed E-state index contributed by atoms with van der Waals surface area (Å²) < 4.78 is 5.30. The van der Waals surface area contributed by atoms with Gasteiger partial charge in [-0.25, -0.2) is 0 Å². The molecule has 1 fully saturated rings. The predicted molar refractivity (Wildman–Crippen MR) is 62.8 cm³/mol. The van der Waals surface area contributed by atoms with Gasteiger partial charge in [-0.1, -0.05) is 0 Å². The second-order valence-corrected chi connectivity index (χ2v) is 3.87. The van der Waals surface area contributed by atoms with Gasteiger partial charge in [0.05, 0.1) is 13.2 Å². The SMILES string of the molecule is C#CCCCNCCCN1CCOCC1. The van der Waals surface area contributed by atoms with Crippen LogP contribution in [0.25, 0.3) is 0 Å². The fraction of sp³-hybridized carbons (Fsp3) is 0.833. The number of morpholine rings is 1. The van der Waals surface area contributed by atoms with Crippen molar-refractivity contribution in [1.82, 2.24) is 10.2 Å². The summed E-state index contributed by atoms with van der Waals surface area (Å²) >= 11 is 0. The van der Waals surface area contributed by atoms with Crippen LogP contribution in [0.1, 0.15) is 19.3 Å². The summed E-state index contributed by atoms with van der Waals surface area (Å²) in [7, 11) is 0. The van der Waals surface area contributed by atoms with Crippen LogP contribution in [-0.4, -0.2) is 50.8 Å². The van der Waals surface area contributed by atoms with Crippen molar-refractivity contribution in [3.05, 3.63) is 0 Å². The maximum absolute atomic E-state index is 5.30. The Hall–Kier alpha value is -0.560. The zero-order valence-electron chi connectivity index (χ0n) is 9.50. The van der Waals surface area contributed by atoms with E-state index in [1.54, 1.807) is 0 Å². The highest BCUT2D eigenvalue weighted by atomic mass is 16.5. The quantitative estimate of drug-likeness (QED) is 0.495. The Bertz CT molecular complexity index is 183. The standard InChI is InChI=1S/C12H22N2O/c1-2-3-4-6-13-7-5-8-14-9-11-15-12-10-14/h1,13H,3-12H2. The van der Waals surface area contributed by atoms with Gasteiger partial charge in [-0.3, -0.25) is 4.90 Å². The average Bonchev–Trinajstić information content (AvgIpc) is 2.29. The molecule has 0 aromatic rings. The number of nitrogens with one attached hydrogen (secondary N) is 1. The van der Waals surface area contributed by atoms with E-state index >= 15 is 0 Å². The lowest BCUT2D eigenvalue weighted by Crippen LogP contribution is -2.37. The van der Waals surface area contributed by atoms with E-state index in [0.29, 0.717) is 0 Å². The van der Waals surface area contributed by atoms with E-state index in [2.05, 4.69) is 16.1 Å². The molecule has 0 unspecified atom stereocenters. The molecule has 1 N–H and O–H groups in total. The van der Waals surface area contributed by atoms with Crippen LogP contribution >= 0.6 is 0 Å². The van der Waals surface area contributed by atoms with Crippen LogP contribution in [0.2, 0.25) is 0 Å². The molecule has 1 saturated heterocycles. The fourth-order valence-corrected chi connectivity index (χ4v) is 1.69. The van der Waals surface area contributed by atoms with E-state index < -0.39 is 0 Å². The third-order valence-corrected chi connectivity index (χ3v) is 2.61. The Labute approximate surface area is 93.2 Å². The number of terminal acetylenes is 1. The van der Waals surface area contributed by atoms with E-state index in [1.807, 2.05) is 0 Å². The van der Waals surface area contributed by atoms with Gasteiger partial charge in [0.25, 0.3) is 0 Å². The number of ether oxygens (including phenoxy) is 1. The highest BCUT2D eigenvalue weighted by Crippen LogP contribution is 1.97. The van der Waals surface area contributed by atoms with Gasteiger partial charge in [-0.05, 0) is 32.5 Å². The summed E-state index contributed by atoms with van der Waals surface area (Å²) in [4.78, 5) is 2.46. The molecule has 1 aliphatic heterocycles. The van der Waals surface area contributed by atoms with Crippen LogP contribution in [0.15, 0.2) is 0 Å². The van der Waals surface area contributed by atoms with Crippen molar-refractivity contribution >= 4 is 0 Å². The third kappa shape index (κ3) is 6.51. The van der Waals surface area contributed by atoms with Crippen LogP contribution in [0.3, 0.4) is 0 Å². The lowest BCUT2D eigenvalue weighted by atomic mass is 10.3. The maximum atomic E-state index is 5.30. The number of nitrogens with zero attached hydrogens (tertiary/aromatic N) is 1. The van der Waals surface area contributed by atoms with E-state index in [9.17, 15) is 0 Å². The number of unbranched alkanes of at least 4 members (excludes halogenated alkanes) is 1. The molecule has 1 rings (SSSR count). The van der Waals surface area contributed by atoms with Gasteiger partial charge in [-0.2, -0.15) is 0 Å². The molecule has 0 aliphatic carbocycles. The molecule has 3 heteroatoms. The average molecular weight is 210 g/mol. The lowest BCUT2D eigenvalue weighted by Gasteiger charge is -2.26. The molecule has 0 saturated carbocycles. The minimum absolute atomic E-state index is 0.885. The first-order valence-corrected chi connectivity index (χ1v) is 5.88. The van der Waals surface area contributed by atoms with E-state index in [-0.39, 0.29) is 0 Å². The van der Waals surface area contributed by atoms with Gasteiger partial charge in [0.15, 0.2) is 0 Å². The molecule has 1 heterocycles. The molecular weight excluding hydrogens is 188 g/mol. The predicted octanol–water partition coefficient (Wildman–Crippen LogP) is 0.712. The zero-order valence-corrected chi connectivity index (χ0v) is 9.50. The first-order chi connectivity index (χ1) is 7.43. The highest BCUT2D eigenvalue weighted by Gasteiger charge is 2.08. The second kappa shape index (κ2) is 8.72. The molecule has 0 radical (unpaired) electrons. The van der Waals surface area contributed by atoms with Crippen molar-refractivity contribution in [2.24, 2.45) is 0 Å². The zero-order chi connectivity index (χ0) is 10.8. The molecule has 0 atom stereocenters. The van der Waals surface area contributed by atoms with E-state index in [1.165, 1.54) is 13.0 Å². The minimum atomic E-state index is 0.885. The Morgan fingerprint density at radius 3 is 2.67 bits per heavy atom. The first kappa shape index (κ1) is 12.5. The molecule has 0 bridgehead atoms. The van der Waals surface area contributed by atoms with Gasteiger partial charge in [0, 0.05) is 19.5 Å². The van der Waals surface area contributed by atoms with Crippen molar-refractivity contribution < 1.29 is 4.74 Å². The molecule has 1 aliphatic rings. The summed E-state index contributed by atoms with van der Waals surface area (Å²) in [6.07, 6.45) is 8.37. The van der Waals surface area contributed by atoms with Crippen LogP contribution in [0.5, 0.6) is 0 Å². The Balaban J connectivity index is 1.82. The third-order valence-electron chi connectivity index (χ3n) is 2.61. The van der Waals surface area contributed by atoms with Crippen molar-refractivity contribution in [1.29, 1.82) is 0 Å². The van der Waals surface area contributed by atoms with Crippen molar-refractivity contribution in [3.63, 3.8) is 0 Å². The molecule has 15 heavy (non-hydrogen) atoms. The molecule has 0 amide bonds. The Kier molecular flexibility index (Phi) is 7.28. The summed E-state index contributed by atoms with van der Waals surface area (Å²) in [5.41, 5.74) is 0. The first-order valence-electron chi connectivity index (χ1n) is 5.88. The Morgan fingerprint density at radius 2 is 1.93 bits per heavy atom. The van der Waals surface area contributed by atoms with Crippen LogP contribution < -0.4 is 5.32 Å². The monoisotopic (exact) mass is 210 g/mol. The molecule has 3 nitrogen and oxygen atoms in total. The fourth-order valence-electron chi connectivity index (χ4n) is 1.69. The highest BCUT2D eigenvalue weighted by molar-refractivity contribution is 4.83. The van der Waals surface area contributed by atoms with Crippen molar-refractivity contribution in [3.8, 4) is 12.3 Å². The minimum Gasteiger partial charge on any atom is -0.379 e. The molecule has 0 aromatic heterocycles. The topological polar surface area (TPSA) is 24.5 Å². The van der Waals surface area contributed by atoms with Crippen molar-refractivity contribution in [2.75, 3.05) is 45.9 Å². The molecular formula is C12H22N2O. The summed E-state index contributed by atoms with van der Waals surface area (Å²) in [5.74, 6) is 2.65. The van der Waals surface area contributed by atoms with E-state index in [0.717, 1.165) is 52.2 Å². The molecule has 86 valence electrons. The summed E-state index contributed by atoms with van der Waals surface area (Å²) in [5, 5.41) is 3.41.